The van der Waals surface area contributed by atoms with E-state index in [2.05, 4.69) is 45.5 Å². The van der Waals surface area contributed by atoms with E-state index >= 15 is 0 Å². The van der Waals surface area contributed by atoms with Gasteiger partial charge in [0.05, 0.1) is 17.9 Å². The van der Waals surface area contributed by atoms with E-state index in [-0.39, 0.29) is 5.82 Å². The quantitative estimate of drug-likeness (QED) is 0.804. The van der Waals surface area contributed by atoms with E-state index in [1.165, 1.54) is 11.5 Å². The second kappa shape index (κ2) is 3.67. The average molecular weight is 301 g/mol. The molecule has 2 heterocycles. The third-order valence-electron chi connectivity index (χ3n) is 2.72. The number of rotatable bonds is 1. The highest BCUT2D eigenvalue weighted by molar-refractivity contribution is 9.10. The molecule has 86 valence electrons. The van der Waals surface area contributed by atoms with Crippen molar-refractivity contribution in [1.82, 2.24) is 9.97 Å². The standard InChI is InChI=1S/C11H14BrFN2Si/c1-6-8-9(13)7(12)5-14-10(8)15-11(6)16(2,3)4/h5H,1-4H3,(H,14,15). The molecule has 0 fully saturated rings. The molecule has 0 aliphatic heterocycles. The van der Waals surface area contributed by atoms with Crippen molar-refractivity contribution in [3.8, 4) is 0 Å². The van der Waals surface area contributed by atoms with Crippen LogP contribution >= 0.6 is 15.9 Å². The minimum Gasteiger partial charge on any atom is -0.347 e. The lowest BCUT2D eigenvalue weighted by atomic mass is 10.2. The van der Waals surface area contributed by atoms with Crippen LogP contribution < -0.4 is 5.32 Å². The van der Waals surface area contributed by atoms with Crippen LogP contribution in [0.3, 0.4) is 0 Å². The first-order chi connectivity index (χ1) is 7.32. The Kier molecular flexibility index (Phi) is 2.70. The number of aromatic nitrogens is 2. The largest absolute Gasteiger partial charge is 0.347 e. The van der Waals surface area contributed by atoms with Crippen molar-refractivity contribution >= 4 is 40.4 Å². The van der Waals surface area contributed by atoms with Crippen molar-refractivity contribution in [2.24, 2.45) is 0 Å². The summed E-state index contributed by atoms with van der Waals surface area (Å²) in [5.41, 5.74) is 1.65. The maximum atomic E-state index is 14.0. The van der Waals surface area contributed by atoms with Gasteiger partial charge in [0.1, 0.15) is 11.5 Å². The molecule has 0 aliphatic rings. The summed E-state index contributed by atoms with van der Waals surface area (Å²) in [6, 6.07) is 0. The molecule has 0 aliphatic carbocycles. The van der Waals surface area contributed by atoms with E-state index in [0.717, 1.165) is 5.56 Å². The zero-order valence-electron chi connectivity index (χ0n) is 9.78. The van der Waals surface area contributed by atoms with Crippen LogP contribution in [-0.2, 0) is 0 Å². The van der Waals surface area contributed by atoms with Crippen LogP contribution in [0.15, 0.2) is 10.7 Å². The van der Waals surface area contributed by atoms with E-state index in [1.54, 1.807) is 0 Å². The zero-order valence-corrected chi connectivity index (χ0v) is 12.4. The Morgan fingerprint density at radius 2 is 2.00 bits per heavy atom. The molecule has 0 spiro atoms. The molecule has 2 nitrogen and oxygen atoms in total. The summed E-state index contributed by atoms with van der Waals surface area (Å²) in [5, 5.41) is 1.79. The summed E-state index contributed by atoms with van der Waals surface area (Å²) in [6.07, 6.45) is 1.50. The van der Waals surface area contributed by atoms with Gasteiger partial charge in [0.2, 0.25) is 0 Å². The van der Waals surface area contributed by atoms with E-state index in [9.17, 15) is 4.39 Å². The second-order valence-electron chi connectivity index (χ2n) is 5.02. The highest BCUT2D eigenvalue weighted by Gasteiger charge is 2.24. The molecule has 0 atom stereocenters. The molecule has 16 heavy (non-hydrogen) atoms. The van der Waals surface area contributed by atoms with Crippen molar-refractivity contribution in [2.45, 2.75) is 26.6 Å². The van der Waals surface area contributed by atoms with Crippen molar-refractivity contribution in [1.29, 1.82) is 0 Å². The Hall–Kier alpha value is -0.683. The van der Waals surface area contributed by atoms with Gasteiger partial charge < -0.3 is 4.98 Å². The topological polar surface area (TPSA) is 28.7 Å². The van der Waals surface area contributed by atoms with Crippen LogP contribution in [0.4, 0.5) is 4.39 Å². The van der Waals surface area contributed by atoms with Gasteiger partial charge in [0.25, 0.3) is 0 Å². The molecule has 0 saturated carbocycles. The molecule has 0 unspecified atom stereocenters. The van der Waals surface area contributed by atoms with E-state index in [0.29, 0.717) is 15.5 Å². The third-order valence-corrected chi connectivity index (χ3v) is 5.27. The summed E-state index contributed by atoms with van der Waals surface area (Å²) >= 11 is 3.17. The van der Waals surface area contributed by atoms with Gasteiger partial charge in [-0.2, -0.15) is 0 Å². The minimum absolute atomic E-state index is 0.219. The van der Waals surface area contributed by atoms with Crippen LogP contribution in [0.2, 0.25) is 19.6 Å². The lowest BCUT2D eigenvalue weighted by Gasteiger charge is -2.15. The molecule has 0 saturated heterocycles. The molecule has 0 bridgehead atoms. The van der Waals surface area contributed by atoms with Crippen LogP contribution in [-0.4, -0.2) is 18.0 Å². The van der Waals surface area contributed by atoms with Gasteiger partial charge >= 0.3 is 0 Å². The van der Waals surface area contributed by atoms with Crippen molar-refractivity contribution in [3.05, 3.63) is 22.1 Å². The van der Waals surface area contributed by atoms with E-state index in [4.69, 9.17) is 0 Å². The monoisotopic (exact) mass is 300 g/mol. The summed E-state index contributed by atoms with van der Waals surface area (Å²) in [4.78, 5) is 7.48. The Morgan fingerprint density at radius 3 is 2.56 bits per heavy atom. The van der Waals surface area contributed by atoms with Crippen molar-refractivity contribution < 1.29 is 4.39 Å². The van der Waals surface area contributed by atoms with Crippen molar-refractivity contribution in [2.75, 3.05) is 0 Å². The minimum atomic E-state index is -1.48. The number of aryl methyl sites for hydroxylation is 1. The molecule has 2 aromatic heterocycles. The fourth-order valence-electron chi connectivity index (χ4n) is 1.99. The van der Waals surface area contributed by atoms with Crippen molar-refractivity contribution in [3.63, 3.8) is 0 Å². The Labute approximate surface area is 103 Å². The maximum absolute atomic E-state index is 14.0. The fraction of sp³-hybridized carbons (Fsp3) is 0.364. The van der Waals surface area contributed by atoms with Crippen LogP contribution in [0, 0.1) is 12.7 Å². The molecular weight excluding hydrogens is 287 g/mol. The summed E-state index contributed by atoms with van der Waals surface area (Å²) in [5.74, 6) is -0.219. The molecule has 5 heteroatoms. The number of hydrogen-bond donors (Lipinski definition) is 1. The first-order valence-electron chi connectivity index (χ1n) is 5.15. The SMILES string of the molecule is Cc1c([Si](C)(C)C)[nH]c2ncc(Br)c(F)c12. The molecule has 2 rings (SSSR count). The van der Waals surface area contributed by atoms with Gasteiger partial charge in [0.15, 0.2) is 0 Å². The second-order valence-corrected chi connectivity index (χ2v) is 10.9. The molecule has 2 aromatic rings. The first-order valence-corrected chi connectivity index (χ1v) is 9.44. The third kappa shape index (κ3) is 1.72. The van der Waals surface area contributed by atoms with Gasteiger partial charge in [0, 0.05) is 11.5 Å². The van der Waals surface area contributed by atoms with Gasteiger partial charge in [-0.3, -0.25) is 0 Å². The van der Waals surface area contributed by atoms with Gasteiger partial charge in [-0.1, -0.05) is 19.6 Å². The number of fused-ring (bicyclic) bond motifs is 1. The number of hydrogen-bond acceptors (Lipinski definition) is 1. The highest BCUT2D eigenvalue weighted by Crippen LogP contribution is 2.25. The summed E-state index contributed by atoms with van der Waals surface area (Å²) in [6.45, 7) is 8.66. The number of H-pyrrole nitrogens is 1. The predicted molar refractivity (Wildman–Crippen MR) is 71.5 cm³/mol. The lowest BCUT2D eigenvalue weighted by Crippen LogP contribution is -2.40. The number of nitrogens with one attached hydrogen (secondary N) is 1. The Morgan fingerprint density at radius 1 is 1.38 bits per heavy atom. The lowest BCUT2D eigenvalue weighted by molar-refractivity contribution is 0.631. The van der Waals surface area contributed by atoms with Crippen LogP contribution in [0.5, 0.6) is 0 Å². The van der Waals surface area contributed by atoms with E-state index in [1.807, 2.05) is 6.92 Å². The van der Waals surface area contributed by atoms with Gasteiger partial charge in [-0.15, -0.1) is 0 Å². The predicted octanol–water partition coefficient (Wildman–Crippen LogP) is 3.32. The highest BCUT2D eigenvalue weighted by atomic mass is 79.9. The molecule has 1 N–H and O–H groups in total. The van der Waals surface area contributed by atoms with Crippen LogP contribution in [0.1, 0.15) is 5.56 Å². The number of halogens is 2. The molecule has 0 radical (unpaired) electrons. The first kappa shape index (κ1) is 11.8. The molecular formula is C11H14BrFN2Si. The van der Waals surface area contributed by atoms with Gasteiger partial charge in [-0.05, 0) is 28.4 Å². The zero-order chi connectivity index (χ0) is 12.1. The smallest absolute Gasteiger partial charge is 0.150 e. The van der Waals surface area contributed by atoms with Crippen LogP contribution in [0.25, 0.3) is 11.0 Å². The summed E-state index contributed by atoms with van der Waals surface area (Å²) in [7, 11) is -1.48. The number of nitrogens with zero attached hydrogens (tertiary/aromatic N) is 1. The number of pyridine rings is 1. The normalized spacial score (nSPS) is 12.4. The molecule has 0 amide bonds. The fourth-order valence-corrected chi connectivity index (χ4v) is 4.03. The number of aromatic amines is 1. The summed E-state index contributed by atoms with van der Waals surface area (Å²) < 4.78 is 14.4. The molecule has 0 aromatic carbocycles. The Balaban J connectivity index is 2.85. The average Bonchev–Trinajstić information content (AvgIpc) is 2.50. The maximum Gasteiger partial charge on any atom is 0.150 e. The Bertz CT molecular complexity index is 557. The van der Waals surface area contributed by atoms with Gasteiger partial charge in [-0.25, -0.2) is 9.37 Å². The van der Waals surface area contributed by atoms with E-state index < -0.39 is 8.07 Å².